The van der Waals surface area contributed by atoms with Gasteiger partial charge in [0, 0.05) is 24.7 Å². The van der Waals surface area contributed by atoms with Gasteiger partial charge in [-0.05, 0) is 62.3 Å². The van der Waals surface area contributed by atoms with Crippen LogP contribution in [-0.4, -0.2) is 43.4 Å². The van der Waals surface area contributed by atoms with Gasteiger partial charge in [-0.25, -0.2) is 4.68 Å². The third kappa shape index (κ3) is 3.45. The van der Waals surface area contributed by atoms with Gasteiger partial charge in [-0.3, -0.25) is 0 Å². The van der Waals surface area contributed by atoms with Gasteiger partial charge in [-0.1, -0.05) is 18.1 Å². The van der Waals surface area contributed by atoms with Crippen molar-refractivity contribution in [3.63, 3.8) is 0 Å². The first kappa shape index (κ1) is 18.1. The van der Waals surface area contributed by atoms with E-state index in [1.807, 2.05) is 37.4 Å². The smallest absolute Gasteiger partial charge is 0.151 e. The molecule has 2 aliphatic carbocycles. The molecule has 3 atom stereocenters. The zero-order valence-electron chi connectivity index (χ0n) is 16.9. The highest BCUT2D eigenvalue weighted by Crippen LogP contribution is 2.43. The first-order valence-electron chi connectivity index (χ1n) is 10.4. The van der Waals surface area contributed by atoms with Gasteiger partial charge < -0.3 is 10.0 Å². The predicted molar refractivity (Wildman–Crippen MR) is 111 cm³/mol. The number of anilines is 1. The van der Waals surface area contributed by atoms with Gasteiger partial charge in [0.1, 0.15) is 5.75 Å². The monoisotopic (exact) mass is 390 g/mol. The highest BCUT2D eigenvalue weighted by molar-refractivity contribution is 5.69. The SMILES string of the molecule is Cc1cn(-c2ccc(-c3ccc(N(C)C4C[C@H]5CC[C@@H](C4)C5)nn3)c(O)c2)nn1. The molecular weight excluding hydrogens is 364 g/mol. The molecule has 150 valence electrons. The molecule has 7 nitrogen and oxygen atoms in total. The Labute approximate surface area is 170 Å². The first-order chi connectivity index (χ1) is 14.1. The van der Waals surface area contributed by atoms with Crippen molar-refractivity contribution >= 4 is 5.82 Å². The summed E-state index contributed by atoms with van der Waals surface area (Å²) in [6, 6.07) is 9.90. The molecule has 3 aromatic rings. The quantitative estimate of drug-likeness (QED) is 0.731. The van der Waals surface area contributed by atoms with Gasteiger partial charge in [0.05, 0.1) is 23.3 Å². The Kier molecular flexibility index (Phi) is 4.45. The molecule has 2 aromatic heterocycles. The average molecular weight is 390 g/mol. The van der Waals surface area contributed by atoms with Gasteiger partial charge in [-0.2, -0.15) is 0 Å². The Balaban J connectivity index is 1.34. The van der Waals surface area contributed by atoms with Crippen LogP contribution in [0.5, 0.6) is 5.75 Å². The minimum atomic E-state index is 0.148. The topological polar surface area (TPSA) is 80.0 Å². The van der Waals surface area contributed by atoms with Crippen molar-refractivity contribution in [1.82, 2.24) is 25.2 Å². The maximum absolute atomic E-state index is 10.5. The van der Waals surface area contributed by atoms with Crippen molar-refractivity contribution in [2.24, 2.45) is 11.8 Å². The number of benzene rings is 1. The summed E-state index contributed by atoms with van der Waals surface area (Å²) in [6.45, 7) is 1.88. The molecule has 2 aliphatic rings. The number of aromatic hydroxyl groups is 1. The van der Waals surface area contributed by atoms with E-state index in [9.17, 15) is 5.11 Å². The number of hydrogen-bond acceptors (Lipinski definition) is 6. The Hall–Kier alpha value is -2.96. The number of nitrogens with zero attached hydrogens (tertiary/aromatic N) is 6. The number of phenols is 1. The molecule has 0 spiro atoms. The minimum Gasteiger partial charge on any atom is -0.507 e. The summed E-state index contributed by atoms with van der Waals surface area (Å²) in [5, 5.41) is 27.4. The van der Waals surface area contributed by atoms with E-state index in [2.05, 4.69) is 32.5 Å². The molecular formula is C22H26N6O. The average Bonchev–Trinajstić information content (AvgIpc) is 3.32. The van der Waals surface area contributed by atoms with Crippen LogP contribution >= 0.6 is 0 Å². The molecule has 1 aromatic carbocycles. The van der Waals surface area contributed by atoms with Gasteiger partial charge in [0.15, 0.2) is 5.82 Å². The summed E-state index contributed by atoms with van der Waals surface area (Å²) in [7, 11) is 2.13. The Morgan fingerprint density at radius 2 is 1.79 bits per heavy atom. The van der Waals surface area contributed by atoms with Crippen LogP contribution in [0.15, 0.2) is 36.5 Å². The van der Waals surface area contributed by atoms with Crippen molar-refractivity contribution in [3.8, 4) is 22.7 Å². The number of aromatic nitrogens is 5. The van der Waals surface area contributed by atoms with Crippen molar-refractivity contribution in [3.05, 3.63) is 42.2 Å². The summed E-state index contributed by atoms with van der Waals surface area (Å²) in [5.41, 5.74) is 2.89. The van der Waals surface area contributed by atoms with E-state index in [-0.39, 0.29) is 5.75 Å². The molecule has 2 heterocycles. The van der Waals surface area contributed by atoms with E-state index in [4.69, 9.17) is 0 Å². The highest BCUT2D eigenvalue weighted by Gasteiger charge is 2.36. The van der Waals surface area contributed by atoms with Crippen LogP contribution in [0.2, 0.25) is 0 Å². The number of hydrogen-bond donors (Lipinski definition) is 1. The van der Waals surface area contributed by atoms with Crippen LogP contribution in [0.25, 0.3) is 16.9 Å². The highest BCUT2D eigenvalue weighted by atomic mass is 16.3. The predicted octanol–water partition coefficient (Wildman–Crippen LogP) is 3.75. The maximum atomic E-state index is 10.5. The summed E-state index contributed by atoms with van der Waals surface area (Å²) in [4.78, 5) is 2.29. The lowest BCUT2D eigenvalue weighted by Gasteiger charge is -2.35. The van der Waals surface area contributed by atoms with Crippen LogP contribution in [0.1, 0.15) is 37.8 Å². The molecule has 29 heavy (non-hydrogen) atoms. The second-order valence-corrected chi connectivity index (χ2v) is 8.56. The Morgan fingerprint density at radius 1 is 1.00 bits per heavy atom. The van der Waals surface area contributed by atoms with E-state index in [1.165, 1.54) is 32.1 Å². The summed E-state index contributed by atoms with van der Waals surface area (Å²) < 4.78 is 1.64. The van der Waals surface area contributed by atoms with Crippen LogP contribution in [0, 0.1) is 18.8 Å². The number of phenolic OH excluding ortho intramolecular Hbond substituents is 1. The van der Waals surface area contributed by atoms with Gasteiger partial charge >= 0.3 is 0 Å². The molecule has 2 saturated carbocycles. The lowest BCUT2D eigenvalue weighted by Crippen LogP contribution is -2.37. The summed E-state index contributed by atoms with van der Waals surface area (Å²) in [5.74, 6) is 2.82. The van der Waals surface area contributed by atoms with E-state index >= 15 is 0 Å². The molecule has 1 unspecified atom stereocenters. The zero-order valence-corrected chi connectivity index (χ0v) is 16.9. The third-order valence-corrected chi connectivity index (χ3v) is 6.55. The lowest BCUT2D eigenvalue weighted by atomic mass is 9.85. The van der Waals surface area contributed by atoms with E-state index in [1.54, 1.807) is 10.7 Å². The van der Waals surface area contributed by atoms with Gasteiger partial charge in [-0.15, -0.1) is 15.3 Å². The lowest BCUT2D eigenvalue weighted by molar-refractivity contribution is 0.312. The molecule has 0 saturated heterocycles. The largest absolute Gasteiger partial charge is 0.507 e. The Bertz CT molecular complexity index is 1000. The molecule has 0 amide bonds. The molecule has 1 N–H and O–H groups in total. The van der Waals surface area contributed by atoms with E-state index in [0.717, 1.165) is 29.0 Å². The van der Waals surface area contributed by atoms with Crippen LogP contribution < -0.4 is 4.90 Å². The standard InChI is InChI=1S/C22H26N6O/c1-14-13-28(26-23-14)17-5-6-19(21(29)12-17)20-7-8-22(25-24-20)27(2)18-10-15-3-4-16(9-15)11-18/h5-8,12-13,15-16,18,29H,3-4,9-11H2,1-2H3/t15-,16+,18?. The van der Waals surface area contributed by atoms with E-state index < -0.39 is 0 Å². The third-order valence-electron chi connectivity index (χ3n) is 6.55. The van der Waals surface area contributed by atoms with Crippen LogP contribution in [-0.2, 0) is 0 Å². The van der Waals surface area contributed by atoms with Crippen molar-refractivity contribution < 1.29 is 5.11 Å². The van der Waals surface area contributed by atoms with Crippen molar-refractivity contribution in [2.45, 2.75) is 45.1 Å². The summed E-state index contributed by atoms with van der Waals surface area (Å²) >= 11 is 0. The fourth-order valence-electron chi connectivity index (χ4n) is 4.99. The maximum Gasteiger partial charge on any atom is 0.151 e. The molecule has 2 bridgehead atoms. The molecule has 0 radical (unpaired) electrons. The van der Waals surface area contributed by atoms with Gasteiger partial charge in [0.2, 0.25) is 0 Å². The van der Waals surface area contributed by atoms with E-state index in [0.29, 0.717) is 17.3 Å². The normalized spacial score (nSPS) is 23.3. The van der Waals surface area contributed by atoms with Crippen LogP contribution in [0.3, 0.4) is 0 Å². The van der Waals surface area contributed by atoms with Crippen molar-refractivity contribution in [1.29, 1.82) is 0 Å². The zero-order chi connectivity index (χ0) is 20.0. The second kappa shape index (κ2) is 7.13. The first-order valence-corrected chi connectivity index (χ1v) is 10.4. The fraction of sp³-hybridized carbons (Fsp3) is 0.455. The van der Waals surface area contributed by atoms with Crippen molar-refractivity contribution in [2.75, 3.05) is 11.9 Å². The number of rotatable bonds is 4. The fourth-order valence-corrected chi connectivity index (χ4v) is 4.99. The van der Waals surface area contributed by atoms with Crippen LogP contribution in [0.4, 0.5) is 5.82 Å². The summed E-state index contributed by atoms with van der Waals surface area (Å²) in [6.07, 6.45) is 8.54. The number of aryl methyl sites for hydroxylation is 1. The number of fused-ring (bicyclic) bond motifs is 2. The minimum absolute atomic E-state index is 0.148. The second-order valence-electron chi connectivity index (χ2n) is 8.56. The Morgan fingerprint density at radius 3 is 2.41 bits per heavy atom. The molecule has 2 fully saturated rings. The van der Waals surface area contributed by atoms with Gasteiger partial charge in [0.25, 0.3) is 0 Å². The molecule has 5 rings (SSSR count). The molecule has 7 heteroatoms. The molecule has 0 aliphatic heterocycles.